The Morgan fingerprint density at radius 2 is 2.00 bits per heavy atom. The highest BCUT2D eigenvalue weighted by Gasteiger charge is 2.27. The number of unbranched alkanes of at least 4 members (excludes halogenated alkanes) is 2. The molecule has 0 N–H and O–H groups in total. The molecule has 0 saturated carbocycles. The van der Waals surface area contributed by atoms with Gasteiger partial charge in [0.05, 0.1) is 29.7 Å². The van der Waals surface area contributed by atoms with Gasteiger partial charge in [-0.1, -0.05) is 31.4 Å². The molecule has 0 unspecified atom stereocenters. The van der Waals surface area contributed by atoms with E-state index in [1.54, 1.807) is 6.07 Å². The predicted octanol–water partition coefficient (Wildman–Crippen LogP) is 2.93. The van der Waals surface area contributed by atoms with Crippen LogP contribution in [-0.4, -0.2) is 45.6 Å². The molecule has 0 atom stereocenters. The predicted molar refractivity (Wildman–Crippen MR) is 86.0 cm³/mol. The Bertz CT molecular complexity index is 585. The van der Waals surface area contributed by atoms with E-state index in [1.807, 2.05) is 0 Å². The fourth-order valence-corrected chi connectivity index (χ4v) is 3.82. The highest BCUT2D eigenvalue weighted by atomic mass is 35.5. The van der Waals surface area contributed by atoms with Gasteiger partial charge in [-0.2, -0.15) is 4.31 Å². The quantitative estimate of drug-likeness (QED) is 0.712. The molecule has 2 rings (SSSR count). The Balaban J connectivity index is 2.13. The minimum Gasteiger partial charge on any atom is -0.492 e. The molecule has 0 radical (unpaired) electrons. The van der Waals surface area contributed by atoms with Gasteiger partial charge in [0.15, 0.2) is 0 Å². The molecular weight excluding hydrogens is 326 g/mol. The highest BCUT2D eigenvalue weighted by molar-refractivity contribution is 7.89. The van der Waals surface area contributed by atoms with E-state index in [-0.39, 0.29) is 4.90 Å². The summed E-state index contributed by atoms with van der Waals surface area (Å²) < 4.78 is 37.4. The molecule has 5 nitrogen and oxygen atoms in total. The molecule has 1 aromatic carbocycles. The van der Waals surface area contributed by atoms with Gasteiger partial charge >= 0.3 is 0 Å². The Kier molecular flexibility index (Phi) is 6.50. The minimum atomic E-state index is -3.52. The molecule has 1 heterocycles. The summed E-state index contributed by atoms with van der Waals surface area (Å²) in [5.41, 5.74) is 0. The van der Waals surface area contributed by atoms with E-state index in [9.17, 15) is 8.42 Å². The summed E-state index contributed by atoms with van der Waals surface area (Å²) in [4.78, 5) is 0.212. The van der Waals surface area contributed by atoms with Crippen LogP contribution in [-0.2, 0) is 14.8 Å². The monoisotopic (exact) mass is 347 g/mol. The third-order valence-corrected chi connectivity index (χ3v) is 5.72. The molecule has 22 heavy (non-hydrogen) atoms. The average Bonchev–Trinajstić information content (AvgIpc) is 2.54. The summed E-state index contributed by atoms with van der Waals surface area (Å²) in [5, 5.41) is 0.428. The zero-order chi connectivity index (χ0) is 16.0. The van der Waals surface area contributed by atoms with Crippen molar-refractivity contribution in [2.75, 3.05) is 32.9 Å². The number of halogens is 1. The molecule has 7 heteroatoms. The lowest BCUT2D eigenvalue weighted by molar-refractivity contribution is 0.0730. The normalized spacial score (nSPS) is 16.6. The van der Waals surface area contributed by atoms with E-state index in [4.69, 9.17) is 21.1 Å². The summed E-state index contributed by atoms with van der Waals surface area (Å²) in [6.45, 7) is 4.24. The standard InChI is InChI=1S/C15H22ClNO4S/c1-2-3-4-9-21-15-12-13(5-6-14(15)16)22(18,19)17-7-10-20-11-8-17/h5-6,12H,2-4,7-11H2,1H3. The first-order chi connectivity index (χ1) is 10.6. The van der Waals surface area contributed by atoms with Gasteiger partial charge in [0.2, 0.25) is 10.0 Å². The van der Waals surface area contributed by atoms with Crippen molar-refractivity contribution in [3.63, 3.8) is 0 Å². The Morgan fingerprint density at radius 3 is 2.68 bits per heavy atom. The first-order valence-corrected chi connectivity index (χ1v) is 9.37. The Hall–Kier alpha value is -0.820. The van der Waals surface area contributed by atoms with E-state index in [0.29, 0.717) is 43.7 Å². The molecule has 0 amide bonds. The first kappa shape index (κ1) is 17.5. The molecule has 1 saturated heterocycles. The van der Waals surface area contributed by atoms with Crippen molar-refractivity contribution in [3.05, 3.63) is 23.2 Å². The van der Waals surface area contributed by atoms with E-state index < -0.39 is 10.0 Å². The number of ether oxygens (including phenoxy) is 2. The van der Waals surface area contributed by atoms with Crippen LogP contribution in [0.25, 0.3) is 0 Å². The van der Waals surface area contributed by atoms with Gasteiger partial charge in [-0.25, -0.2) is 8.42 Å². The molecule has 1 aliphatic heterocycles. The van der Waals surface area contributed by atoms with Crippen LogP contribution < -0.4 is 4.74 Å². The van der Waals surface area contributed by atoms with Crippen LogP contribution in [0.2, 0.25) is 5.02 Å². The second-order valence-electron chi connectivity index (χ2n) is 5.16. The smallest absolute Gasteiger partial charge is 0.243 e. The van der Waals surface area contributed by atoms with Crippen molar-refractivity contribution >= 4 is 21.6 Å². The molecular formula is C15H22ClNO4S. The van der Waals surface area contributed by atoms with Gasteiger partial charge in [0, 0.05) is 19.2 Å². The van der Waals surface area contributed by atoms with E-state index in [1.165, 1.54) is 16.4 Å². The average molecular weight is 348 g/mol. The zero-order valence-electron chi connectivity index (χ0n) is 12.8. The fraction of sp³-hybridized carbons (Fsp3) is 0.600. The van der Waals surface area contributed by atoms with Crippen LogP contribution in [0.1, 0.15) is 26.2 Å². The third-order valence-electron chi connectivity index (χ3n) is 3.52. The van der Waals surface area contributed by atoms with Crippen molar-refractivity contribution in [2.24, 2.45) is 0 Å². The van der Waals surface area contributed by atoms with Gasteiger partial charge < -0.3 is 9.47 Å². The van der Waals surface area contributed by atoms with Crippen LogP contribution in [0.15, 0.2) is 23.1 Å². The molecule has 0 spiro atoms. The molecule has 0 aliphatic carbocycles. The van der Waals surface area contributed by atoms with Crippen LogP contribution >= 0.6 is 11.6 Å². The van der Waals surface area contributed by atoms with E-state index in [2.05, 4.69) is 6.92 Å². The highest BCUT2D eigenvalue weighted by Crippen LogP contribution is 2.29. The molecule has 1 aromatic rings. The van der Waals surface area contributed by atoms with Crippen molar-refractivity contribution in [3.8, 4) is 5.75 Å². The van der Waals surface area contributed by atoms with Gasteiger partial charge in [-0.05, 0) is 18.6 Å². The fourth-order valence-electron chi connectivity index (χ4n) is 2.22. The van der Waals surface area contributed by atoms with E-state index >= 15 is 0 Å². The van der Waals surface area contributed by atoms with Crippen LogP contribution in [0.3, 0.4) is 0 Å². The van der Waals surface area contributed by atoms with Gasteiger partial charge in [-0.3, -0.25) is 0 Å². The third kappa shape index (κ3) is 4.35. The van der Waals surface area contributed by atoms with Crippen LogP contribution in [0.5, 0.6) is 5.75 Å². The van der Waals surface area contributed by atoms with Gasteiger partial charge in [-0.15, -0.1) is 0 Å². The van der Waals surface area contributed by atoms with Gasteiger partial charge in [0.25, 0.3) is 0 Å². The molecule has 0 bridgehead atoms. The SMILES string of the molecule is CCCCCOc1cc(S(=O)(=O)N2CCOCC2)ccc1Cl. The maximum Gasteiger partial charge on any atom is 0.243 e. The largest absolute Gasteiger partial charge is 0.492 e. The summed E-state index contributed by atoms with van der Waals surface area (Å²) in [5.74, 6) is 0.423. The maximum atomic E-state index is 12.6. The number of rotatable bonds is 7. The van der Waals surface area contributed by atoms with E-state index in [0.717, 1.165) is 19.3 Å². The number of benzene rings is 1. The maximum absolute atomic E-state index is 12.6. The second kappa shape index (κ2) is 8.15. The topological polar surface area (TPSA) is 55.8 Å². The summed E-state index contributed by atoms with van der Waals surface area (Å²) in [6.07, 6.45) is 3.10. The summed E-state index contributed by atoms with van der Waals surface area (Å²) >= 11 is 6.09. The Labute approximate surface area is 137 Å². The van der Waals surface area contributed by atoms with Gasteiger partial charge in [0.1, 0.15) is 5.75 Å². The lowest BCUT2D eigenvalue weighted by Gasteiger charge is -2.26. The molecule has 1 fully saturated rings. The van der Waals surface area contributed by atoms with Crippen molar-refractivity contribution < 1.29 is 17.9 Å². The zero-order valence-corrected chi connectivity index (χ0v) is 14.3. The van der Waals surface area contributed by atoms with Crippen molar-refractivity contribution in [1.29, 1.82) is 0 Å². The lowest BCUT2D eigenvalue weighted by atomic mass is 10.3. The molecule has 0 aromatic heterocycles. The number of nitrogens with zero attached hydrogens (tertiary/aromatic N) is 1. The van der Waals surface area contributed by atoms with Crippen molar-refractivity contribution in [2.45, 2.75) is 31.1 Å². The molecule has 124 valence electrons. The number of hydrogen-bond acceptors (Lipinski definition) is 4. The molecule has 1 aliphatic rings. The number of sulfonamides is 1. The Morgan fingerprint density at radius 1 is 1.27 bits per heavy atom. The van der Waals surface area contributed by atoms with Crippen molar-refractivity contribution in [1.82, 2.24) is 4.31 Å². The number of morpholine rings is 1. The second-order valence-corrected chi connectivity index (χ2v) is 7.51. The minimum absolute atomic E-state index is 0.212. The lowest BCUT2D eigenvalue weighted by Crippen LogP contribution is -2.40. The summed E-state index contributed by atoms with van der Waals surface area (Å²) in [6, 6.07) is 4.61. The first-order valence-electron chi connectivity index (χ1n) is 7.56. The number of hydrogen-bond donors (Lipinski definition) is 0. The van der Waals surface area contributed by atoms with Crippen LogP contribution in [0, 0.1) is 0 Å². The summed E-state index contributed by atoms with van der Waals surface area (Å²) in [7, 11) is -3.52. The van der Waals surface area contributed by atoms with Crippen LogP contribution in [0.4, 0.5) is 0 Å².